The standard InChI is InChI=1S/C16H29NO3/c1-12(2)10-11-17(13-6-7-13)14(18)8-9-15(19)20-16(3,4)5/h12-13H,6-11H2,1-5H3. The van der Waals surface area contributed by atoms with Crippen LogP contribution in [0.1, 0.15) is 66.7 Å². The predicted molar refractivity (Wildman–Crippen MR) is 79.3 cm³/mol. The van der Waals surface area contributed by atoms with Crippen molar-refractivity contribution in [1.82, 2.24) is 4.90 Å². The van der Waals surface area contributed by atoms with Gasteiger partial charge < -0.3 is 9.64 Å². The van der Waals surface area contributed by atoms with E-state index < -0.39 is 5.60 Å². The van der Waals surface area contributed by atoms with Crippen molar-refractivity contribution in [3.8, 4) is 0 Å². The lowest BCUT2D eigenvalue weighted by Gasteiger charge is -2.24. The summed E-state index contributed by atoms with van der Waals surface area (Å²) < 4.78 is 5.23. The largest absolute Gasteiger partial charge is 0.460 e. The molecule has 0 N–H and O–H groups in total. The van der Waals surface area contributed by atoms with Crippen LogP contribution in [0.3, 0.4) is 0 Å². The minimum Gasteiger partial charge on any atom is -0.460 e. The lowest BCUT2D eigenvalue weighted by atomic mass is 10.1. The molecule has 0 heterocycles. The first-order chi connectivity index (χ1) is 9.19. The minimum atomic E-state index is -0.478. The molecule has 4 heteroatoms. The van der Waals surface area contributed by atoms with Gasteiger partial charge in [-0.2, -0.15) is 0 Å². The van der Waals surface area contributed by atoms with Gasteiger partial charge in [0.1, 0.15) is 5.60 Å². The van der Waals surface area contributed by atoms with Crippen molar-refractivity contribution in [3.05, 3.63) is 0 Å². The zero-order valence-corrected chi connectivity index (χ0v) is 13.6. The Bertz CT molecular complexity index is 340. The number of rotatable bonds is 7. The van der Waals surface area contributed by atoms with E-state index in [-0.39, 0.29) is 24.7 Å². The van der Waals surface area contributed by atoms with E-state index in [0.717, 1.165) is 25.8 Å². The quantitative estimate of drug-likeness (QED) is 0.674. The van der Waals surface area contributed by atoms with Crippen LogP contribution in [0.15, 0.2) is 0 Å². The van der Waals surface area contributed by atoms with Gasteiger partial charge in [0.25, 0.3) is 0 Å². The average Bonchev–Trinajstić information content (AvgIpc) is 3.08. The van der Waals surface area contributed by atoms with Crippen LogP contribution < -0.4 is 0 Å². The summed E-state index contributed by atoms with van der Waals surface area (Å²) in [7, 11) is 0. The van der Waals surface area contributed by atoms with Gasteiger partial charge in [-0.1, -0.05) is 13.8 Å². The number of carbonyl (C=O) groups excluding carboxylic acids is 2. The average molecular weight is 283 g/mol. The number of nitrogens with zero attached hydrogens (tertiary/aromatic N) is 1. The molecule has 1 saturated carbocycles. The minimum absolute atomic E-state index is 0.0963. The maximum atomic E-state index is 12.2. The Morgan fingerprint density at radius 2 is 1.80 bits per heavy atom. The van der Waals surface area contributed by atoms with Gasteiger partial charge in [-0.15, -0.1) is 0 Å². The van der Waals surface area contributed by atoms with E-state index in [4.69, 9.17) is 4.74 Å². The predicted octanol–water partition coefficient (Wildman–Crippen LogP) is 3.15. The molecule has 0 radical (unpaired) electrons. The Balaban J connectivity index is 2.36. The van der Waals surface area contributed by atoms with Crippen LogP contribution in [0.2, 0.25) is 0 Å². The molecule has 1 amide bonds. The summed E-state index contributed by atoms with van der Waals surface area (Å²) in [6.07, 6.45) is 3.69. The molecule has 0 saturated heterocycles. The third-order valence-electron chi connectivity index (χ3n) is 3.22. The van der Waals surface area contributed by atoms with E-state index >= 15 is 0 Å². The first-order valence-corrected chi connectivity index (χ1v) is 7.70. The lowest BCUT2D eigenvalue weighted by Crippen LogP contribution is -2.35. The number of esters is 1. The number of hydrogen-bond acceptors (Lipinski definition) is 3. The number of ether oxygens (including phenoxy) is 1. The SMILES string of the molecule is CC(C)CCN(C(=O)CCC(=O)OC(C)(C)C)C1CC1. The van der Waals surface area contributed by atoms with Gasteiger partial charge in [-0.25, -0.2) is 0 Å². The van der Waals surface area contributed by atoms with Crippen LogP contribution in [0.4, 0.5) is 0 Å². The summed E-state index contributed by atoms with van der Waals surface area (Å²) in [4.78, 5) is 25.8. The van der Waals surface area contributed by atoms with E-state index in [2.05, 4.69) is 13.8 Å². The molecule has 1 aliphatic rings. The molecule has 0 spiro atoms. The molecule has 1 rings (SSSR count). The Morgan fingerprint density at radius 1 is 1.20 bits per heavy atom. The highest BCUT2D eigenvalue weighted by molar-refractivity contribution is 5.82. The Labute approximate surface area is 122 Å². The first kappa shape index (κ1) is 17.0. The van der Waals surface area contributed by atoms with Crippen LogP contribution in [0.25, 0.3) is 0 Å². The fraction of sp³-hybridized carbons (Fsp3) is 0.875. The molecule has 4 nitrogen and oxygen atoms in total. The van der Waals surface area contributed by atoms with Crippen LogP contribution in [-0.2, 0) is 14.3 Å². The number of hydrogen-bond donors (Lipinski definition) is 0. The molecule has 0 aromatic rings. The summed E-state index contributed by atoms with van der Waals surface area (Å²) in [6, 6.07) is 0.417. The van der Waals surface area contributed by atoms with Crippen molar-refractivity contribution < 1.29 is 14.3 Å². The second-order valence-corrected chi connectivity index (χ2v) is 7.09. The summed E-state index contributed by atoms with van der Waals surface area (Å²) in [5, 5.41) is 0. The zero-order chi connectivity index (χ0) is 15.3. The highest BCUT2D eigenvalue weighted by Gasteiger charge is 2.32. The van der Waals surface area contributed by atoms with Crippen LogP contribution >= 0.6 is 0 Å². The Hall–Kier alpha value is -1.06. The van der Waals surface area contributed by atoms with Crippen LogP contribution in [0.5, 0.6) is 0 Å². The Morgan fingerprint density at radius 3 is 2.25 bits per heavy atom. The van der Waals surface area contributed by atoms with Crippen molar-refractivity contribution in [2.24, 2.45) is 5.92 Å². The van der Waals surface area contributed by atoms with E-state index in [9.17, 15) is 9.59 Å². The van der Waals surface area contributed by atoms with Crippen molar-refractivity contribution >= 4 is 11.9 Å². The van der Waals surface area contributed by atoms with Gasteiger partial charge in [0, 0.05) is 19.0 Å². The smallest absolute Gasteiger partial charge is 0.306 e. The molecule has 20 heavy (non-hydrogen) atoms. The van der Waals surface area contributed by atoms with Gasteiger partial charge in [0.15, 0.2) is 0 Å². The molecule has 1 aliphatic carbocycles. The second kappa shape index (κ2) is 7.09. The molecule has 1 fully saturated rings. The van der Waals surface area contributed by atoms with E-state index in [0.29, 0.717) is 12.0 Å². The van der Waals surface area contributed by atoms with Gasteiger partial charge >= 0.3 is 5.97 Å². The molecular weight excluding hydrogens is 254 g/mol. The molecule has 0 aliphatic heterocycles. The normalized spacial score (nSPS) is 15.3. The van der Waals surface area contributed by atoms with E-state index in [1.54, 1.807) is 0 Å². The summed E-state index contributed by atoms with van der Waals surface area (Å²) in [5.74, 6) is 0.402. The van der Waals surface area contributed by atoms with Crippen molar-refractivity contribution in [1.29, 1.82) is 0 Å². The first-order valence-electron chi connectivity index (χ1n) is 7.70. The summed E-state index contributed by atoms with van der Waals surface area (Å²) in [6.45, 7) is 10.7. The molecule has 0 aromatic heterocycles. The monoisotopic (exact) mass is 283 g/mol. The van der Waals surface area contributed by atoms with E-state index in [1.807, 2.05) is 25.7 Å². The van der Waals surface area contributed by atoms with Gasteiger partial charge in [0.05, 0.1) is 6.42 Å². The highest BCUT2D eigenvalue weighted by atomic mass is 16.6. The van der Waals surface area contributed by atoms with Crippen molar-refractivity contribution in [2.75, 3.05) is 6.54 Å². The van der Waals surface area contributed by atoms with E-state index in [1.165, 1.54) is 0 Å². The van der Waals surface area contributed by atoms with Gasteiger partial charge in [0.2, 0.25) is 5.91 Å². The van der Waals surface area contributed by atoms with Crippen LogP contribution in [0, 0.1) is 5.92 Å². The van der Waals surface area contributed by atoms with Gasteiger partial charge in [-0.3, -0.25) is 9.59 Å². The molecule has 0 aromatic carbocycles. The Kier molecular flexibility index (Phi) is 6.03. The van der Waals surface area contributed by atoms with Crippen molar-refractivity contribution in [3.63, 3.8) is 0 Å². The molecule has 0 unspecified atom stereocenters. The topological polar surface area (TPSA) is 46.6 Å². The third kappa shape index (κ3) is 6.92. The maximum absolute atomic E-state index is 12.2. The molecular formula is C16H29NO3. The summed E-state index contributed by atoms with van der Waals surface area (Å²) >= 11 is 0. The molecule has 0 atom stereocenters. The zero-order valence-electron chi connectivity index (χ0n) is 13.6. The highest BCUT2D eigenvalue weighted by Crippen LogP contribution is 2.28. The fourth-order valence-corrected chi connectivity index (χ4v) is 2.04. The van der Waals surface area contributed by atoms with Crippen molar-refractivity contribution in [2.45, 2.75) is 78.4 Å². The lowest BCUT2D eigenvalue weighted by molar-refractivity contribution is -0.156. The summed E-state index contributed by atoms with van der Waals surface area (Å²) in [5.41, 5.74) is -0.478. The maximum Gasteiger partial charge on any atom is 0.306 e. The number of carbonyl (C=O) groups is 2. The second-order valence-electron chi connectivity index (χ2n) is 7.09. The number of amides is 1. The van der Waals surface area contributed by atoms with Gasteiger partial charge in [-0.05, 0) is 46.0 Å². The molecule has 116 valence electrons. The van der Waals surface area contributed by atoms with Crippen LogP contribution in [-0.4, -0.2) is 35.0 Å². The molecule has 0 bridgehead atoms. The third-order valence-corrected chi connectivity index (χ3v) is 3.22. The fourth-order valence-electron chi connectivity index (χ4n) is 2.04.